The number of hydrogen-bond donors (Lipinski definition) is 2. The zero-order valence-corrected chi connectivity index (χ0v) is 9.67. The zero-order chi connectivity index (χ0) is 12.3. The van der Waals surface area contributed by atoms with Gasteiger partial charge in [-0.05, 0) is 30.5 Å². The van der Waals surface area contributed by atoms with Crippen LogP contribution < -0.4 is 0 Å². The Morgan fingerprint density at radius 2 is 1.82 bits per heavy atom. The fourth-order valence-corrected chi connectivity index (χ4v) is 2.00. The first-order chi connectivity index (χ1) is 8.20. The fourth-order valence-electron chi connectivity index (χ4n) is 2.00. The predicted molar refractivity (Wildman–Crippen MR) is 63.5 cm³/mol. The Morgan fingerprint density at radius 1 is 1.24 bits per heavy atom. The second-order valence-corrected chi connectivity index (χ2v) is 4.38. The molecule has 4 heteroatoms. The van der Waals surface area contributed by atoms with Crippen LogP contribution in [0.5, 0.6) is 0 Å². The van der Waals surface area contributed by atoms with Crippen LogP contribution in [0.15, 0.2) is 24.3 Å². The van der Waals surface area contributed by atoms with Gasteiger partial charge in [0.25, 0.3) is 5.91 Å². The van der Waals surface area contributed by atoms with Crippen molar-refractivity contribution in [3.63, 3.8) is 0 Å². The quantitative estimate of drug-likeness (QED) is 0.796. The number of amides is 1. The molecule has 0 saturated carbocycles. The minimum absolute atomic E-state index is 0.00129. The van der Waals surface area contributed by atoms with Crippen LogP contribution in [0, 0.1) is 0 Å². The van der Waals surface area contributed by atoms with Crippen LogP contribution in [0.4, 0.5) is 0 Å². The van der Waals surface area contributed by atoms with Crippen molar-refractivity contribution in [3.8, 4) is 0 Å². The number of likely N-dealkylation sites (tertiary alicyclic amines) is 1. The molecule has 1 aliphatic rings. The van der Waals surface area contributed by atoms with Crippen molar-refractivity contribution in [2.24, 2.45) is 0 Å². The summed E-state index contributed by atoms with van der Waals surface area (Å²) < 4.78 is 0. The van der Waals surface area contributed by atoms with Gasteiger partial charge in [-0.15, -0.1) is 0 Å². The smallest absolute Gasteiger partial charge is 0.253 e. The monoisotopic (exact) mass is 235 g/mol. The highest BCUT2D eigenvalue weighted by molar-refractivity contribution is 5.94. The molecule has 2 N–H and O–H groups in total. The number of benzene rings is 1. The van der Waals surface area contributed by atoms with E-state index >= 15 is 0 Å². The van der Waals surface area contributed by atoms with Crippen LogP contribution in [0.25, 0.3) is 0 Å². The average Bonchev–Trinajstić information content (AvgIpc) is 2.39. The van der Waals surface area contributed by atoms with Gasteiger partial charge in [0, 0.05) is 18.7 Å². The van der Waals surface area contributed by atoms with Crippen LogP contribution in [-0.4, -0.2) is 40.2 Å². The van der Waals surface area contributed by atoms with Crippen molar-refractivity contribution in [3.05, 3.63) is 35.4 Å². The summed E-state index contributed by atoms with van der Waals surface area (Å²) in [5, 5.41) is 18.3. The van der Waals surface area contributed by atoms with E-state index in [1.807, 2.05) is 0 Å². The molecule has 4 nitrogen and oxygen atoms in total. The minimum atomic E-state index is -0.268. The van der Waals surface area contributed by atoms with Crippen molar-refractivity contribution in [2.75, 3.05) is 13.1 Å². The number of carbonyl (C=O) groups excluding carboxylic acids is 1. The highest BCUT2D eigenvalue weighted by Crippen LogP contribution is 2.14. The first-order valence-electron chi connectivity index (χ1n) is 5.88. The average molecular weight is 235 g/mol. The minimum Gasteiger partial charge on any atom is -0.393 e. The summed E-state index contributed by atoms with van der Waals surface area (Å²) in [5.74, 6) is 0.00129. The SMILES string of the molecule is O=C(c1ccc(CO)cc1)N1CCC(O)CC1. The summed E-state index contributed by atoms with van der Waals surface area (Å²) >= 11 is 0. The van der Waals surface area contributed by atoms with E-state index in [1.165, 1.54) is 0 Å². The lowest BCUT2D eigenvalue weighted by Crippen LogP contribution is -2.40. The number of nitrogens with zero attached hydrogens (tertiary/aromatic N) is 1. The lowest BCUT2D eigenvalue weighted by Gasteiger charge is -2.29. The van der Waals surface area contributed by atoms with Crippen LogP contribution in [0.2, 0.25) is 0 Å². The maximum Gasteiger partial charge on any atom is 0.253 e. The van der Waals surface area contributed by atoms with E-state index in [9.17, 15) is 9.90 Å². The Kier molecular flexibility index (Phi) is 3.76. The Hall–Kier alpha value is -1.39. The Balaban J connectivity index is 2.03. The Bertz CT molecular complexity index is 380. The summed E-state index contributed by atoms with van der Waals surface area (Å²) in [6.45, 7) is 1.22. The second-order valence-electron chi connectivity index (χ2n) is 4.38. The van der Waals surface area contributed by atoms with Gasteiger partial charge >= 0.3 is 0 Å². The highest BCUT2D eigenvalue weighted by Gasteiger charge is 2.21. The molecular weight excluding hydrogens is 218 g/mol. The predicted octanol–water partition coefficient (Wildman–Crippen LogP) is 0.776. The largest absolute Gasteiger partial charge is 0.393 e. The molecule has 17 heavy (non-hydrogen) atoms. The number of piperidine rings is 1. The lowest BCUT2D eigenvalue weighted by atomic mass is 10.1. The van der Waals surface area contributed by atoms with Crippen molar-refractivity contribution in [2.45, 2.75) is 25.6 Å². The molecular formula is C13H17NO3. The summed E-state index contributed by atoms with van der Waals surface area (Å²) in [4.78, 5) is 13.9. The van der Waals surface area contributed by atoms with E-state index in [1.54, 1.807) is 29.2 Å². The highest BCUT2D eigenvalue weighted by atomic mass is 16.3. The standard InChI is InChI=1S/C13H17NO3/c15-9-10-1-3-11(4-2-10)13(17)14-7-5-12(16)6-8-14/h1-4,12,15-16H,5-9H2. The van der Waals surface area contributed by atoms with Gasteiger partial charge in [-0.3, -0.25) is 4.79 Å². The Labute approximate surface area is 100 Å². The summed E-state index contributed by atoms with van der Waals surface area (Å²) in [5.41, 5.74) is 1.44. The molecule has 0 unspecified atom stereocenters. The number of rotatable bonds is 2. The van der Waals surface area contributed by atoms with Gasteiger partial charge in [-0.2, -0.15) is 0 Å². The summed E-state index contributed by atoms with van der Waals surface area (Å²) in [6.07, 6.45) is 1.04. The molecule has 1 aliphatic heterocycles. The fraction of sp³-hybridized carbons (Fsp3) is 0.462. The van der Waals surface area contributed by atoms with Gasteiger partial charge in [-0.1, -0.05) is 12.1 Å². The van der Waals surface area contributed by atoms with E-state index in [-0.39, 0.29) is 18.6 Å². The van der Waals surface area contributed by atoms with Crippen molar-refractivity contribution in [1.29, 1.82) is 0 Å². The van der Waals surface area contributed by atoms with Crippen LogP contribution >= 0.6 is 0 Å². The van der Waals surface area contributed by atoms with E-state index < -0.39 is 0 Å². The van der Waals surface area contributed by atoms with Crippen molar-refractivity contribution < 1.29 is 15.0 Å². The molecule has 0 atom stereocenters. The molecule has 92 valence electrons. The summed E-state index contributed by atoms with van der Waals surface area (Å²) in [6, 6.07) is 6.98. The first-order valence-corrected chi connectivity index (χ1v) is 5.88. The number of aliphatic hydroxyl groups excluding tert-OH is 2. The van der Waals surface area contributed by atoms with Crippen molar-refractivity contribution >= 4 is 5.91 Å². The Morgan fingerprint density at radius 3 is 2.35 bits per heavy atom. The number of aliphatic hydroxyl groups is 2. The van der Waals surface area contributed by atoms with Crippen molar-refractivity contribution in [1.82, 2.24) is 4.90 Å². The molecule has 0 aromatic heterocycles. The topological polar surface area (TPSA) is 60.8 Å². The zero-order valence-electron chi connectivity index (χ0n) is 9.67. The summed E-state index contributed by atoms with van der Waals surface area (Å²) in [7, 11) is 0. The molecule has 0 spiro atoms. The molecule has 1 amide bonds. The number of carbonyl (C=O) groups is 1. The van der Waals surface area contributed by atoms with Gasteiger partial charge in [0.2, 0.25) is 0 Å². The van der Waals surface area contributed by atoms with E-state index in [4.69, 9.17) is 5.11 Å². The van der Waals surface area contributed by atoms with Gasteiger partial charge in [0.1, 0.15) is 0 Å². The van der Waals surface area contributed by atoms with E-state index in [2.05, 4.69) is 0 Å². The molecule has 0 bridgehead atoms. The van der Waals surface area contributed by atoms with Gasteiger partial charge in [0.15, 0.2) is 0 Å². The molecule has 1 heterocycles. The molecule has 1 saturated heterocycles. The normalized spacial score (nSPS) is 17.2. The molecule has 2 rings (SSSR count). The molecule has 0 radical (unpaired) electrons. The molecule has 1 aromatic rings. The van der Waals surface area contributed by atoms with Crippen LogP contribution in [0.1, 0.15) is 28.8 Å². The maximum absolute atomic E-state index is 12.1. The van der Waals surface area contributed by atoms with E-state index in [0.717, 1.165) is 5.56 Å². The lowest BCUT2D eigenvalue weighted by molar-refractivity contribution is 0.0546. The third-order valence-corrected chi connectivity index (χ3v) is 3.14. The molecule has 1 fully saturated rings. The third kappa shape index (κ3) is 2.84. The number of hydrogen-bond acceptors (Lipinski definition) is 3. The first kappa shape index (κ1) is 12.1. The van der Waals surface area contributed by atoms with Crippen LogP contribution in [0.3, 0.4) is 0 Å². The van der Waals surface area contributed by atoms with Crippen LogP contribution in [-0.2, 0) is 6.61 Å². The van der Waals surface area contributed by atoms with E-state index in [0.29, 0.717) is 31.5 Å². The third-order valence-electron chi connectivity index (χ3n) is 3.14. The molecule has 1 aromatic carbocycles. The second kappa shape index (κ2) is 5.29. The maximum atomic E-state index is 12.1. The van der Waals surface area contributed by atoms with Gasteiger partial charge in [-0.25, -0.2) is 0 Å². The van der Waals surface area contributed by atoms with Gasteiger partial charge < -0.3 is 15.1 Å². The van der Waals surface area contributed by atoms with Gasteiger partial charge in [0.05, 0.1) is 12.7 Å². The molecule has 0 aliphatic carbocycles.